The lowest BCUT2D eigenvalue weighted by Crippen LogP contribution is -2.41. The number of rotatable bonds is 10. The Morgan fingerprint density at radius 1 is 0.961 bits per heavy atom. The lowest BCUT2D eigenvalue weighted by Gasteiger charge is -2.36. The summed E-state index contributed by atoms with van der Waals surface area (Å²) in [5.41, 5.74) is 2.79. The maximum absolute atomic E-state index is 13.8. The number of halogens is 1. The molecule has 2 atom stereocenters. The molecule has 2 aliphatic rings. The number of hydrogen-bond acceptors (Lipinski definition) is 8. The second-order valence-electron chi connectivity index (χ2n) is 13.3. The summed E-state index contributed by atoms with van der Waals surface area (Å²) in [5.74, 6) is 0. The normalized spacial score (nSPS) is 17.9. The first-order chi connectivity index (χ1) is 24.6. The smallest absolute Gasteiger partial charge is 0.275 e. The van der Waals surface area contributed by atoms with Crippen molar-refractivity contribution >= 4 is 43.4 Å². The summed E-state index contributed by atoms with van der Waals surface area (Å²) >= 11 is 6.66. The molecule has 4 heterocycles. The van der Waals surface area contributed by atoms with E-state index in [4.69, 9.17) is 30.8 Å². The highest BCUT2D eigenvalue weighted by Crippen LogP contribution is 2.44. The zero-order valence-corrected chi connectivity index (χ0v) is 29.9. The Kier molecular flexibility index (Phi) is 8.80. The summed E-state index contributed by atoms with van der Waals surface area (Å²) in [5, 5.41) is 1.25. The van der Waals surface area contributed by atoms with E-state index in [0.29, 0.717) is 34.2 Å². The molecule has 10 nitrogen and oxygen atoms in total. The van der Waals surface area contributed by atoms with Crippen LogP contribution >= 0.6 is 11.6 Å². The van der Waals surface area contributed by atoms with Gasteiger partial charge in [0, 0.05) is 42.4 Å². The molecule has 1 aliphatic heterocycles. The van der Waals surface area contributed by atoms with Crippen LogP contribution in [0.1, 0.15) is 48.9 Å². The number of aromatic nitrogens is 4. The van der Waals surface area contributed by atoms with Crippen LogP contribution in [0.25, 0.3) is 32.9 Å². The van der Waals surface area contributed by atoms with E-state index in [2.05, 4.69) is 4.98 Å². The van der Waals surface area contributed by atoms with Gasteiger partial charge in [0.2, 0.25) is 5.28 Å². The second-order valence-corrected chi connectivity index (χ2v) is 15.5. The molecule has 1 saturated heterocycles. The molecule has 2 fully saturated rings. The molecule has 12 heteroatoms. The van der Waals surface area contributed by atoms with Crippen LogP contribution in [0.15, 0.2) is 101 Å². The molecular formula is C39H37ClN4O6S. The highest BCUT2D eigenvalue weighted by molar-refractivity contribution is 7.90. The molecule has 0 bridgehead atoms. The summed E-state index contributed by atoms with van der Waals surface area (Å²) < 4.78 is 49.6. The van der Waals surface area contributed by atoms with Crippen molar-refractivity contribution < 1.29 is 22.6 Å². The van der Waals surface area contributed by atoms with Gasteiger partial charge in [-0.1, -0.05) is 54.1 Å². The molecule has 8 rings (SSSR count). The molecule has 51 heavy (non-hydrogen) atoms. The first kappa shape index (κ1) is 33.7. The largest absolute Gasteiger partial charge is 0.358 e. The van der Waals surface area contributed by atoms with Crippen molar-refractivity contribution in [3.63, 3.8) is 0 Å². The van der Waals surface area contributed by atoms with Gasteiger partial charge < -0.3 is 18.8 Å². The van der Waals surface area contributed by atoms with E-state index in [-0.39, 0.29) is 34.7 Å². The van der Waals surface area contributed by atoms with Crippen LogP contribution in [0, 0.1) is 6.92 Å². The van der Waals surface area contributed by atoms with E-state index in [0.717, 1.165) is 52.8 Å². The topological polar surface area (TPSA) is 115 Å². The molecule has 0 spiro atoms. The van der Waals surface area contributed by atoms with E-state index in [9.17, 15) is 13.2 Å². The fraction of sp³-hybridized carbons (Fsp3) is 0.308. The number of pyridine rings is 1. The van der Waals surface area contributed by atoms with E-state index < -0.39 is 21.2 Å². The van der Waals surface area contributed by atoms with Gasteiger partial charge in [0.05, 0.1) is 28.8 Å². The minimum absolute atomic E-state index is 0.00608. The molecular weight excluding hydrogens is 688 g/mol. The molecule has 1 saturated carbocycles. The Morgan fingerprint density at radius 2 is 1.75 bits per heavy atom. The van der Waals surface area contributed by atoms with Gasteiger partial charge in [-0.15, -0.1) is 0 Å². The average Bonchev–Trinajstić information content (AvgIpc) is 3.84. The SMILES string of the molecule is Cc1ccc(S(=O)(=O)n2ccc3c(-c4ccc5nc(Cl)nc(C(COC6CCCCO6)(OC6CC6)c6ccccc6)c5c4)cn(C)c(=O)c32)cc1. The van der Waals surface area contributed by atoms with Crippen LogP contribution in [0.5, 0.6) is 0 Å². The number of hydrogen-bond donors (Lipinski definition) is 0. The summed E-state index contributed by atoms with van der Waals surface area (Å²) in [7, 11) is -2.45. The fourth-order valence-electron chi connectivity index (χ4n) is 6.84. The van der Waals surface area contributed by atoms with Crippen molar-refractivity contribution in [2.24, 2.45) is 7.05 Å². The Hall–Kier alpha value is -4.39. The van der Waals surface area contributed by atoms with Crippen molar-refractivity contribution in [1.82, 2.24) is 18.5 Å². The predicted molar refractivity (Wildman–Crippen MR) is 195 cm³/mol. The summed E-state index contributed by atoms with van der Waals surface area (Å²) in [4.78, 5) is 23.2. The molecule has 0 radical (unpaired) electrons. The van der Waals surface area contributed by atoms with Gasteiger partial charge in [-0.25, -0.2) is 22.4 Å². The number of ether oxygens (including phenoxy) is 3. The van der Waals surface area contributed by atoms with Crippen LogP contribution < -0.4 is 5.56 Å². The minimum Gasteiger partial charge on any atom is -0.358 e. The van der Waals surface area contributed by atoms with Crippen LogP contribution in [0.3, 0.4) is 0 Å². The van der Waals surface area contributed by atoms with Crippen molar-refractivity contribution in [1.29, 1.82) is 0 Å². The van der Waals surface area contributed by atoms with E-state index in [1.54, 1.807) is 43.6 Å². The summed E-state index contributed by atoms with van der Waals surface area (Å²) in [6, 6.07) is 23.8. The van der Waals surface area contributed by atoms with Crippen molar-refractivity contribution in [2.45, 2.75) is 61.9 Å². The summed E-state index contributed by atoms with van der Waals surface area (Å²) in [6.07, 6.45) is 7.41. The number of benzene rings is 3. The predicted octanol–water partition coefficient (Wildman–Crippen LogP) is 7.11. The maximum Gasteiger partial charge on any atom is 0.275 e. The van der Waals surface area contributed by atoms with Crippen molar-refractivity contribution in [3.05, 3.63) is 124 Å². The van der Waals surface area contributed by atoms with Crippen LogP contribution in [-0.4, -0.2) is 52.5 Å². The monoisotopic (exact) mass is 724 g/mol. The second kappa shape index (κ2) is 13.3. The first-order valence-electron chi connectivity index (χ1n) is 17.1. The van der Waals surface area contributed by atoms with E-state index in [1.165, 1.54) is 10.8 Å². The van der Waals surface area contributed by atoms with Gasteiger partial charge in [-0.2, -0.15) is 0 Å². The fourth-order valence-corrected chi connectivity index (χ4v) is 8.36. The third-order valence-electron chi connectivity index (χ3n) is 9.67. The van der Waals surface area contributed by atoms with Gasteiger partial charge in [0.1, 0.15) is 5.52 Å². The van der Waals surface area contributed by atoms with Crippen LogP contribution in [-0.2, 0) is 36.9 Å². The molecule has 3 aromatic carbocycles. The highest BCUT2D eigenvalue weighted by atomic mass is 35.5. The zero-order chi connectivity index (χ0) is 35.3. The van der Waals surface area contributed by atoms with Crippen LogP contribution in [0.2, 0.25) is 5.28 Å². The van der Waals surface area contributed by atoms with Gasteiger partial charge >= 0.3 is 0 Å². The van der Waals surface area contributed by atoms with Crippen LogP contribution in [0.4, 0.5) is 0 Å². The maximum atomic E-state index is 13.8. The Morgan fingerprint density at radius 3 is 2.47 bits per heavy atom. The highest BCUT2D eigenvalue weighted by Gasteiger charge is 2.45. The molecule has 6 aromatic rings. The Balaban J connectivity index is 1.32. The Bertz CT molecular complexity index is 2420. The molecule has 1 aliphatic carbocycles. The molecule has 2 unspecified atom stereocenters. The molecule has 0 amide bonds. The van der Waals surface area contributed by atoms with Gasteiger partial charge in [0.15, 0.2) is 11.9 Å². The summed E-state index contributed by atoms with van der Waals surface area (Å²) in [6.45, 7) is 2.66. The van der Waals surface area contributed by atoms with E-state index >= 15 is 0 Å². The molecule has 0 N–H and O–H groups in total. The van der Waals surface area contributed by atoms with Crippen molar-refractivity contribution in [3.8, 4) is 11.1 Å². The zero-order valence-electron chi connectivity index (χ0n) is 28.3. The third-order valence-corrected chi connectivity index (χ3v) is 11.5. The number of fused-ring (bicyclic) bond motifs is 2. The average molecular weight is 725 g/mol. The lowest BCUT2D eigenvalue weighted by atomic mass is 9.87. The van der Waals surface area contributed by atoms with E-state index in [1.807, 2.05) is 55.5 Å². The molecule has 3 aromatic heterocycles. The first-order valence-corrected chi connectivity index (χ1v) is 18.9. The molecule has 262 valence electrons. The number of aryl methyl sites for hydroxylation is 2. The minimum atomic E-state index is -4.07. The van der Waals surface area contributed by atoms with Gasteiger partial charge in [-0.05, 0) is 92.1 Å². The number of nitrogens with zero attached hydrogens (tertiary/aromatic N) is 4. The van der Waals surface area contributed by atoms with Gasteiger partial charge in [-0.3, -0.25) is 4.79 Å². The Labute approximate surface area is 300 Å². The lowest BCUT2D eigenvalue weighted by molar-refractivity contribution is -0.197. The van der Waals surface area contributed by atoms with Crippen molar-refractivity contribution in [2.75, 3.05) is 13.2 Å². The quantitative estimate of drug-likeness (QED) is 0.137. The third kappa shape index (κ3) is 6.27. The standard InChI is InChI=1S/C39H37ClN4O6S/c1-25-11-16-29(17-12-25)51(46,47)44-20-19-30-32(23-43(2)37(45)35(30)44)26-13-18-33-31(22-26)36(42-38(40)41-33)39(50-28-14-15-28,27-8-4-3-5-9-27)24-49-34-10-6-7-21-48-34/h3-5,8-9,11-13,16-20,22-23,28,34H,6-7,10,14-15,21,24H2,1-2H3. The van der Waals surface area contributed by atoms with Gasteiger partial charge in [0.25, 0.3) is 15.6 Å².